The van der Waals surface area contributed by atoms with Crippen molar-refractivity contribution in [3.8, 4) is 0 Å². The van der Waals surface area contributed by atoms with Crippen molar-refractivity contribution in [1.29, 1.82) is 0 Å². The summed E-state index contributed by atoms with van der Waals surface area (Å²) in [7, 11) is 0. The molecule has 25 heavy (non-hydrogen) atoms. The zero-order valence-corrected chi connectivity index (χ0v) is 15.0. The lowest BCUT2D eigenvalue weighted by atomic mass is 9.98. The van der Waals surface area contributed by atoms with E-state index in [1.165, 1.54) is 0 Å². The van der Waals surface area contributed by atoms with Gasteiger partial charge in [-0.25, -0.2) is 0 Å². The molecule has 2 saturated heterocycles. The standard InChI is InChI=1S/C18H23ClO6/c1-4-7-22-9-11-8-10(5-6-12(11)19)13(20)15-14(21)16-17(23-15)25-18(2,3)24-16/h4-6,8,13-17,20-21H,1,7,9H2,2-3H3/t13-,14+,15?,16-,17?/m0/s1. The quantitative estimate of drug-likeness (QED) is 0.591. The first-order chi connectivity index (χ1) is 11.8. The van der Waals surface area contributed by atoms with Gasteiger partial charge in [-0.05, 0) is 37.1 Å². The Morgan fingerprint density at radius 1 is 1.40 bits per heavy atom. The van der Waals surface area contributed by atoms with E-state index in [9.17, 15) is 10.2 Å². The molecule has 1 aromatic rings. The van der Waals surface area contributed by atoms with Crippen LogP contribution in [0.15, 0.2) is 30.9 Å². The lowest BCUT2D eigenvalue weighted by Gasteiger charge is -2.26. The highest BCUT2D eigenvalue weighted by Gasteiger charge is 2.56. The van der Waals surface area contributed by atoms with Crippen LogP contribution in [-0.2, 0) is 25.6 Å². The zero-order chi connectivity index (χ0) is 18.2. The van der Waals surface area contributed by atoms with Crippen molar-refractivity contribution in [1.82, 2.24) is 0 Å². The summed E-state index contributed by atoms with van der Waals surface area (Å²) in [6.45, 7) is 7.80. The smallest absolute Gasteiger partial charge is 0.190 e. The van der Waals surface area contributed by atoms with Gasteiger partial charge in [-0.2, -0.15) is 0 Å². The molecule has 2 aliphatic heterocycles. The number of aliphatic hydroxyl groups excluding tert-OH is 2. The van der Waals surface area contributed by atoms with E-state index in [0.717, 1.165) is 5.56 Å². The number of aliphatic hydroxyl groups is 2. The maximum atomic E-state index is 10.7. The molecule has 0 aliphatic carbocycles. The molecule has 0 saturated carbocycles. The molecule has 0 radical (unpaired) electrons. The van der Waals surface area contributed by atoms with Crippen molar-refractivity contribution >= 4 is 11.6 Å². The van der Waals surface area contributed by atoms with E-state index in [-0.39, 0.29) is 0 Å². The molecule has 3 rings (SSSR count). The number of fused-ring (bicyclic) bond motifs is 1. The topological polar surface area (TPSA) is 77.4 Å². The Morgan fingerprint density at radius 2 is 2.16 bits per heavy atom. The van der Waals surface area contributed by atoms with Gasteiger partial charge in [0.1, 0.15) is 24.4 Å². The third-order valence-electron chi connectivity index (χ3n) is 4.27. The van der Waals surface area contributed by atoms with E-state index in [2.05, 4.69) is 6.58 Å². The van der Waals surface area contributed by atoms with Crippen molar-refractivity contribution in [2.45, 2.75) is 56.9 Å². The fourth-order valence-electron chi connectivity index (χ4n) is 3.11. The highest BCUT2D eigenvalue weighted by atomic mass is 35.5. The third kappa shape index (κ3) is 3.90. The molecular weight excluding hydrogens is 348 g/mol. The molecule has 7 heteroatoms. The van der Waals surface area contributed by atoms with E-state index in [1.54, 1.807) is 38.1 Å². The van der Waals surface area contributed by atoms with Gasteiger partial charge in [0, 0.05) is 5.02 Å². The first-order valence-electron chi connectivity index (χ1n) is 8.16. The first-order valence-corrected chi connectivity index (χ1v) is 8.54. The molecule has 0 spiro atoms. The monoisotopic (exact) mass is 370 g/mol. The van der Waals surface area contributed by atoms with E-state index in [0.29, 0.717) is 23.8 Å². The molecule has 2 heterocycles. The number of hydrogen-bond acceptors (Lipinski definition) is 6. The van der Waals surface area contributed by atoms with Crippen LogP contribution >= 0.6 is 11.6 Å². The van der Waals surface area contributed by atoms with Gasteiger partial charge in [0.25, 0.3) is 0 Å². The number of halogens is 1. The van der Waals surface area contributed by atoms with Crippen LogP contribution in [0.4, 0.5) is 0 Å². The average molecular weight is 371 g/mol. The Hall–Kier alpha value is -0.990. The van der Waals surface area contributed by atoms with Crippen LogP contribution in [0.1, 0.15) is 31.1 Å². The molecule has 2 aliphatic rings. The summed E-state index contributed by atoms with van der Waals surface area (Å²) in [6.07, 6.45) is -2.58. The normalized spacial score (nSPS) is 31.7. The van der Waals surface area contributed by atoms with Crippen molar-refractivity contribution in [2.75, 3.05) is 6.61 Å². The summed E-state index contributed by atoms with van der Waals surface area (Å²) in [4.78, 5) is 0. The summed E-state index contributed by atoms with van der Waals surface area (Å²) in [5, 5.41) is 21.7. The predicted octanol–water partition coefficient (Wildman–Crippen LogP) is 2.31. The van der Waals surface area contributed by atoms with Gasteiger partial charge in [0.2, 0.25) is 0 Å². The van der Waals surface area contributed by atoms with E-state index < -0.39 is 36.5 Å². The lowest BCUT2D eigenvalue weighted by molar-refractivity contribution is -0.226. The number of hydrogen-bond donors (Lipinski definition) is 2. The molecule has 2 fully saturated rings. The maximum absolute atomic E-state index is 10.7. The van der Waals surface area contributed by atoms with Crippen molar-refractivity contribution < 1.29 is 29.2 Å². The molecule has 2 N–H and O–H groups in total. The van der Waals surface area contributed by atoms with Gasteiger partial charge in [0.15, 0.2) is 12.1 Å². The Morgan fingerprint density at radius 3 is 2.84 bits per heavy atom. The van der Waals surface area contributed by atoms with Crippen LogP contribution in [0.25, 0.3) is 0 Å². The van der Waals surface area contributed by atoms with Crippen LogP contribution in [0.2, 0.25) is 5.02 Å². The Bertz CT molecular complexity index is 634. The molecule has 6 nitrogen and oxygen atoms in total. The average Bonchev–Trinajstić information content (AvgIpc) is 3.02. The lowest BCUT2D eigenvalue weighted by Crippen LogP contribution is -2.37. The minimum Gasteiger partial charge on any atom is -0.387 e. The van der Waals surface area contributed by atoms with E-state index in [4.69, 9.17) is 30.5 Å². The van der Waals surface area contributed by atoms with Gasteiger partial charge in [-0.3, -0.25) is 0 Å². The maximum Gasteiger partial charge on any atom is 0.190 e. The Balaban J connectivity index is 1.72. The van der Waals surface area contributed by atoms with Crippen molar-refractivity contribution in [2.24, 2.45) is 0 Å². The van der Waals surface area contributed by atoms with Gasteiger partial charge < -0.3 is 29.2 Å². The molecule has 2 unspecified atom stereocenters. The van der Waals surface area contributed by atoms with Gasteiger partial charge in [-0.15, -0.1) is 6.58 Å². The highest BCUT2D eigenvalue weighted by Crippen LogP contribution is 2.41. The first kappa shape index (κ1) is 18.8. The number of benzene rings is 1. The highest BCUT2D eigenvalue weighted by molar-refractivity contribution is 6.31. The summed E-state index contributed by atoms with van der Waals surface area (Å²) < 4.78 is 22.4. The molecule has 138 valence electrons. The second-order valence-electron chi connectivity index (χ2n) is 6.66. The number of rotatable bonds is 6. The predicted molar refractivity (Wildman–Crippen MR) is 91.0 cm³/mol. The summed E-state index contributed by atoms with van der Waals surface area (Å²) in [6, 6.07) is 5.12. The van der Waals surface area contributed by atoms with E-state index >= 15 is 0 Å². The molecule has 5 atom stereocenters. The Labute approximate surface area is 151 Å². The summed E-state index contributed by atoms with van der Waals surface area (Å²) in [5.41, 5.74) is 1.31. The molecule has 0 aromatic heterocycles. The Kier molecular flexibility index (Phi) is 5.51. The van der Waals surface area contributed by atoms with Crippen LogP contribution in [0.5, 0.6) is 0 Å². The minimum absolute atomic E-state index is 0.297. The zero-order valence-electron chi connectivity index (χ0n) is 14.2. The molecular formula is C18H23ClO6. The third-order valence-corrected chi connectivity index (χ3v) is 4.64. The van der Waals surface area contributed by atoms with Crippen LogP contribution in [0, 0.1) is 0 Å². The second kappa shape index (κ2) is 7.32. The molecule has 1 aromatic carbocycles. The van der Waals surface area contributed by atoms with Crippen molar-refractivity contribution in [3.05, 3.63) is 47.0 Å². The molecule has 0 amide bonds. The minimum atomic E-state index is -1.05. The van der Waals surface area contributed by atoms with E-state index in [1.807, 2.05) is 0 Å². The van der Waals surface area contributed by atoms with Gasteiger partial charge in [0.05, 0.1) is 13.2 Å². The summed E-state index contributed by atoms with van der Waals surface area (Å²) >= 11 is 6.17. The van der Waals surface area contributed by atoms with Gasteiger partial charge >= 0.3 is 0 Å². The largest absolute Gasteiger partial charge is 0.387 e. The summed E-state index contributed by atoms with van der Waals surface area (Å²) in [5.74, 6) is -0.817. The van der Waals surface area contributed by atoms with Crippen LogP contribution < -0.4 is 0 Å². The van der Waals surface area contributed by atoms with Gasteiger partial charge in [-0.1, -0.05) is 23.7 Å². The molecule has 0 bridgehead atoms. The van der Waals surface area contributed by atoms with Crippen molar-refractivity contribution in [3.63, 3.8) is 0 Å². The van der Waals surface area contributed by atoms with Crippen LogP contribution in [0.3, 0.4) is 0 Å². The fraction of sp³-hybridized carbons (Fsp3) is 0.556. The SMILES string of the molecule is C=CCOCc1cc([C@H](O)C2OC3OC(C)(C)O[C@H]3[C@@H]2O)ccc1Cl. The fourth-order valence-corrected chi connectivity index (χ4v) is 3.28. The second-order valence-corrected chi connectivity index (χ2v) is 7.07. The number of ether oxygens (including phenoxy) is 4. The van der Waals surface area contributed by atoms with Crippen LogP contribution in [-0.4, -0.2) is 47.2 Å².